The minimum absolute atomic E-state index is 0.1000. The van der Waals surface area contributed by atoms with Gasteiger partial charge >= 0.3 is 5.97 Å². The second-order valence-electron chi connectivity index (χ2n) is 11.6. The lowest BCUT2D eigenvalue weighted by atomic mass is 9.91. The number of halogens is 3. The number of rotatable bonds is 8. The molecule has 13 heteroatoms. The highest BCUT2D eigenvalue weighted by Crippen LogP contribution is 2.38. The summed E-state index contributed by atoms with van der Waals surface area (Å²) in [4.78, 5) is 22.4. The number of pyridine rings is 2. The summed E-state index contributed by atoms with van der Waals surface area (Å²) >= 11 is 12.7. The average molecular weight is 644 g/mol. The van der Waals surface area contributed by atoms with Crippen molar-refractivity contribution < 1.29 is 23.4 Å². The lowest BCUT2D eigenvalue weighted by Gasteiger charge is -2.46. The van der Waals surface area contributed by atoms with Crippen LogP contribution in [0.5, 0.6) is 5.75 Å². The molecule has 2 N–H and O–H groups in total. The predicted molar refractivity (Wildman–Crippen MR) is 165 cm³/mol. The molecule has 1 unspecified atom stereocenters. The van der Waals surface area contributed by atoms with Crippen LogP contribution in [-0.2, 0) is 14.3 Å². The second-order valence-corrected chi connectivity index (χ2v) is 12.4. The van der Waals surface area contributed by atoms with Gasteiger partial charge in [-0.25, -0.2) is 18.9 Å². The third-order valence-corrected chi connectivity index (χ3v) is 8.41. The lowest BCUT2D eigenvalue weighted by Crippen LogP contribution is -2.72. The molecule has 6 rings (SSSR count). The van der Waals surface area contributed by atoms with Crippen molar-refractivity contribution in [1.29, 1.82) is 0 Å². The maximum absolute atomic E-state index is 15.6. The first kappa shape index (κ1) is 30.5. The number of carbonyl (C=O) groups excluding carboxylic acids is 1. The molecule has 0 amide bonds. The van der Waals surface area contributed by atoms with Crippen LogP contribution in [0.15, 0.2) is 42.9 Å². The van der Waals surface area contributed by atoms with E-state index in [1.165, 1.54) is 18.5 Å². The Bertz CT molecular complexity index is 1680. The fourth-order valence-electron chi connectivity index (χ4n) is 5.65. The van der Waals surface area contributed by atoms with E-state index in [2.05, 4.69) is 9.97 Å². The van der Waals surface area contributed by atoms with E-state index in [1.807, 2.05) is 29.8 Å². The quantitative estimate of drug-likeness (QED) is 0.223. The number of carbonyl (C=O) groups is 1. The van der Waals surface area contributed by atoms with Gasteiger partial charge < -0.3 is 24.8 Å². The van der Waals surface area contributed by atoms with E-state index in [1.54, 1.807) is 24.9 Å². The molecule has 2 saturated heterocycles. The summed E-state index contributed by atoms with van der Waals surface area (Å²) in [5, 5.41) is 6.45. The third kappa shape index (κ3) is 5.81. The summed E-state index contributed by atoms with van der Waals surface area (Å²) in [6.45, 7) is 6.20. The zero-order valence-electron chi connectivity index (χ0n) is 24.6. The Labute approximate surface area is 264 Å². The van der Waals surface area contributed by atoms with Gasteiger partial charge in [0.15, 0.2) is 17.9 Å². The molecule has 2 fully saturated rings. The highest BCUT2D eigenvalue weighted by atomic mass is 35.5. The van der Waals surface area contributed by atoms with Crippen LogP contribution in [0.1, 0.15) is 57.9 Å². The third-order valence-electron chi connectivity index (χ3n) is 7.81. The van der Waals surface area contributed by atoms with Crippen molar-refractivity contribution in [2.45, 2.75) is 64.0 Å². The highest BCUT2D eigenvalue weighted by molar-refractivity contribution is 6.35. The number of benzene rings is 1. The Kier molecular flexibility index (Phi) is 8.40. The predicted octanol–water partition coefficient (Wildman–Crippen LogP) is 6.25. The Balaban J connectivity index is 1.32. The fraction of sp³-hybridized carbons (Fsp3) is 0.419. The van der Waals surface area contributed by atoms with Gasteiger partial charge in [0, 0.05) is 41.7 Å². The smallest absolute Gasteiger partial charge is 0.330 e. The van der Waals surface area contributed by atoms with Crippen LogP contribution in [-0.4, -0.2) is 57.1 Å². The Morgan fingerprint density at radius 3 is 2.55 bits per heavy atom. The van der Waals surface area contributed by atoms with Gasteiger partial charge in [-0.3, -0.25) is 4.98 Å². The van der Waals surface area contributed by atoms with Crippen LogP contribution in [0, 0.1) is 5.82 Å². The maximum atomic E-state index is 15.6. The molecule has 232 valence electrons. The molecule has 5 heterocycles. The number of fused-ring (bicyclic) bond motifs is 1. The molecule has 0 bridgehead atoms. The molecule has 3 aromatic heterocycles. The Hall–Kier alpha value is -3.51. The van der Waals surface area contributed by atoms with Crippen LogP contribution >= 0.6 is 23.2 Å². The molecule has 0 aliphatic carbocycles. The normalized spacial score (nSPS) is 18.7. The van der Waals surface area contributed by atoms with Crippen LogP contribution in [0.3, 0.4) is 0 Å². The summed E-state index contributed by atoms with van der Waals surface area (Å²) in [7, 11) is 0. The molecule has 2 aliphatic heterocycles. The number of esters is 1. The highest BCUT2D eigenvalue weighted by Gasteiger charge is 2.49. The van der Waals surface area contributed by atoms with Crippen molar-refractivity contribution in [1.82, 2.24) is 19.7 Å². The number of anilines is 1. The first-order valence-corrected chi connectivity index (χ1v) is 15.3. The number of ether oxygens (including phenoxy) is 3. The molecule has 10 nitrogen and oxygen atoms in total. The molecule has 44 heavy (non-hydrogen) atoms. The summed E-state index contributed by atoms with van der Waals surface area (Å²) in [5.74, 6) is -0.405. The molecule has 4 aromatic rings. The summed E-state index contributed by atoms with van der Waals surface area (Å²) in [6.07, 6.45) is 6.42. The van der Waals surface area contributed by atoms with Gasteiger partial charge in [0.2, 0.25) is 0 Å². The number of aromatic nitrogens is 4. The van der Waals surface area contributed by atoms with Gasteiger partial charge in [-0.2, -0.15) is 5.10 Å². The molecule has 0 radical (unpaired) electrons. The molecular formula is C31H33Cl2FN6O4. The minimum atomic E-state index is -1.20. The van der Waals surface area contributed by atoms with E-state index >= 15 is 4.39 Å². The molecule has 0 saturated carbocycles. The van der Waals surface area contributed by atoms with Crippen molar-refractivity contribution in [2.24, 2.45) is 5.73 Å². The monoisotopic (exact) mass is 642 g/mol. The van der Waals surface area contributed by atoms with E-state index in [4.69, 9.17) is 48.2 Å². The van der Waals surface area contributed by atoms with Gasteiger partial charge in [-0.05, 0) is 64.3 Å². The van der Waals surface area contributed by atoms with E-state index in [0.717, 1.165) is 30.2 Å². The summed E-state index contributed by atoms with van der Waals surface area (Å²) in [5.41, 5.74) is 7.46. The molecular weight excluding hydrogens is 610 g/mol. The van der Waals surface area contributed by atoms with Gasteiger partial charge in [-0.1, -0.05) is 23.2 Å². The summed E-state index contributed by atoms with van der Waals surface area (Å²) < 4.78 is 35.0. The Morgan fingerprint density at radius 2 is 1.89 bits per heavy atom. The van der Waals surface area contributed by atoms with Crippen LogP contribution in [0.25, 0.3) is 22.2 Å². The van der Waals surface area contributed by atoms with E-state index in [0.29, 0.717) is 39.2 Å². The number of nitrogens with zero attached hydrogens (tertiary/aromatic N) is 5. The van der Waals surface area contributed by atoms with Crippen molar-refractivity contribution in [3.63, 3.8) is 0 Å². The first-order chi connectivity index (χ1) is 21.0. The zero-order chi connectivity index (χ0) is 31.2. The largest absolute Gasteiger partial charge is 0.486 e. The van der Waals surface area contributed by atoms with Gasteiger partial charge in [-0.15, -0.1) is 0 Å². The number of nitrogens with two attached hydrogens (primary N) is 1. The van der Waals surface area contributed by atoms with Crippen LogP contribution in [0.4, 0.5) is 10.2 Å². The van der Waals surface area contributed by atoms with E-state index in [9.17, 15) is 4.79 Å². The molecule has 0 spiro atoms. The van der Waals surface area contributed by atoms with Crippen molar-refractivity contribution in [3.05, 3.63) is 64.3 Å². The van der Waals surface area contributed by atoms with Crippen molar-refractivity contribution >= 4 is 45.9 Å². The second kappa shape index (κ2) is 12.1. The van der Waals surface area contributed by atoms with Gasteiger partial charge in [0.1, 0.15) is 23.1 Å². The van der Waals surface area contributed by atoms with Crippen molar-refractivity contribution in [3.8, 4) is 17.0 Å². The van der Waals surface area contributed by atoms with Gasteiger partial charge in [0.05, 0.1) is 34.8 Å². The standard InChI is InChI=1S/C31H33Cl2FN6O4/c1-17(2)43-30(41)31(35)15-39(16-31)29-24(34)10-19(12-37-29)28-21-11-20(44-18(3)27-22(32)13-36-14-23(27)33)7-8-25(21)40(38-28)26-6-4-5-9-42-26/h7-8,10-14,17-18,26H,4-6,9,15-16,35H2,1-3H3/t18-,26?/m1/s1. The summed E-state index contributed by atoms with van der Waals surface area (Å²) in [6, 6.07) is 7.02. The SMILES string of the molecule is CC(C)OC(=O)C1(N)CN(c2ncc(-c3nn(C4CCCCO4)c4ccc(O[C@H](C)c5c(Cl)cncc5Cl)cc34)cc2F)C1. The minimum Gasteiger partial charge on any atom is -0.486 e. The molecule has 1 aromatic carbocycles. The number of hydrogen-bond acceptors (Lipinski definition) is 9. The van der Waals surface area contributed by atoms with E-state index < -0.39 is 23.4 Å². The lowest BCUT2D eigenvalue weighted by molar-refractivity contribution is -0.155. The first-order valence-electron chi connectivity index (χ1n) is 14.5. The topological polar surface area (TPSA) is 118 Å². The fourth-order valence-corrected chi connectivity index (χ4v) is 6.33. The number of hydrogen-bond donors (Lipinski definition) is 1. The van der Waals surface area contributed by atoms with Crippen molar-refractivity contribution in [2.75, 3.05) is 24.6 Å². The van der Waals surface area contributed by atoms with Crippen LogP contribution < -0.4 is 15.4 Å². The molecule has 2 aliphatic rings. The van der Waals surface area contributed by atoms with Crippen LogP contribution in [0.2, 0.25) is 10.0 Å². The maximum Gasteiger partial charge on any atom is 0.330 e. The Morgan fingerprint density at radius 1 is 1.14 bits per heavy atom. The molecule has 2 atom stereocenters. The zero-order valence-corrected chi connectivity index (χ0v) is 26.1. The van der Waals surface area contributed by atoms with Gasteiger partial charge in [0.25, 0.3) is 0 Å². The van der Waals surface area contributed by atoms with E-state index in [-0.39, 0.29) is 31.2 Å². The average Bonchev–Trinajstić information content (AvgIpc) is 3.34.